The Kier molecular flexibility index (Phi) is 5.03. The monoisotopic (exact) mass is 362 g/mol. The predicted molar refractivity (Wildman–Crippen MR) is 91.1 cm³/mol. The van der Waals surface area contributed by atoms with Gasteiger partial charge in [-0.1, -0.05) is 24.3 Å². The summed E-state index contributed by atoms with van der Waals surface area (Å²) < 4.78 is 32.5. The second-order valence-corrected chi connectivity index (χ2v) is 7.54. The van der Waals surface area contributed by atoms with Crippen LogP contribution >= 0.6 is 0 Å². The number of hydrogen-bond acceptors (Lipinski definition) is 5. The van der Waals surface area contributed by atoms with Crippen molar-refractivity contribution in [3.63, 3.8) is 0 Å². The molecule has 8 heteroatoms. The van der Waals surface area contributed by atoms with E-state index in [9.17, 15) is 13.2 Å². The Morgan fingerprint density at radius 1 is 1.12 bits per heavy atom. The Bertz CT molecular complexity index is 854. The summed E-state index contributed by atoms with van der Waals surface area (Å²) in [5.74, 6) is -0.0663. The van der Waals surface area contributed by atoms with Gasteiger partial charge >= 0.3 is 5.97 Å². The maximum atomic E-state index is 12.8. The third-order valence-corrected chi connectivity index (χ3v) is 5.72. The van der Waals surface area contributed by atoms with E-state index >= 15 is 0 Å². The van der Waals surface area contributed by atoms with E-state index in [0.29, 0.717) is 11.5 Å². The molecule has 0 spiro atoms. The van der Waals surface area contributed by atoms with Crippen LogP contribution in [-0.4, -0.2) is 49.5 Å². The van der Waals surface area contributed by atoms with E-state index in [1.54, 1.807) is 24.3 Å². The molecule has 7 nitrogen and oxygen atoms in total. The van der Waals surface area contributed by atoms with E-state index in [1.807, 2.05) is 18.2 Å². The maximum Gasteiger partial charge on any atom is 0.322 e. The molecule has 25 heavy (non-hydrogen) atoms. The van der Waals surface area contributed by atoms with Gasteiger partial charge in [0.15, 0.2) is 0 Å². The lowest BCUT2D eigenvalue weighted by Crippen LogP contribution is -2.55. The highest BCUT2D eigenvalue weighted by Crippen LogP contribution is 2.25. The van der Waals surface area contributed by atoms with Gasteiger partial charge in [-0.05, 0) is 24.3 Å². The Labute approximate surface area is 145 Å². The highest BCUT2D eigenvalue weighted by Gasteiger charge is 2.33. The van der Waals surface area contributed by atoms with Crippen molar-refractivity contribution in [2.75, 3.05) is 19.6 Å². The lowest BCUT2D eigenvalue weighted by atomic mass is 10.2. The molecule has 3 rings (SSSR count). The highest BCUT2D eigenvalue weighted by atomic mass is 32.2. The lowest BCUT2D eigenvalue weighted by Gasteiger charge is -2.30. The minimum Gasteiger partial charge on any atom is -0.480 e. The van der Waals surface area contributed by atoms with Gasteiger partial charge in [-0.3, -0.25) is 4.79 Å². The number of ether oxygens (including phenoxy) is 1. The number of carboxylic acids is 1. The first-order valence-electron chi connectivity index (χ1n) is 7.76. The number of sulfonamides is 1. The Morgan fingerprint density at radius 3 is 2.56 bits per heavy atom. The van der Waals surface area contributed by atoms with Crippen molar-refractivity contribution in [1.82, 2.24) is 9.62 Å². The van der Waals surface area contributed by atoms with Crippen molar-refractivity contribution in [2.45, 2.75) is 10.9 Å². The number of nitrogens with one attached hydrogen (secondary N) is 1. The standard InChI is InChI=1S/C17H18N2O5S/c20-17(21)16-12-19(10-9-18-16)25(22,23)15-8-4-7-14(11-15)24-13-5-2-1-3-6-13/h1-8,11,16,18H,9-10,12H2,(H,20,21)/t16-/m1/s1. The number of piperazine rings is 1. The van der Waals surface area contributed by atoms with Gasteiger partial charge in [0.2, 0.25) is 10.0 Å². The van der Waals surface area contributed by atoms with Crippen LogP contribution < -0.4 is 10.1 Å². The number of benzene rings is 2. The zero-order valence-electron chi connectivity index (χ0n) is 13.3. The topological polar surface area (TPSA) is 95.9 Å². The molecule has 0 saturated carbocycles. The summed E-state index contributed by atoms with van der Waals surface area (Å²) in [6, 6.07) is 14.3. The van der Waals surface area contributed by atoms with E-state index in [1.165, 1.54) is 16.4 Å². The van der Waals surface area contributed by atoms with Crippen LogP contribution in [-0.2, 0) is 14.8 Å². The average molecular weight is 362 g/mol. The first-order chi connectivity index (χ1) is 12.0. The summed E-state index contributed by atoms with van der Waals surface area (Å²) in [6.07, 6.45) is 0. The van der Waals surface area contributed by atoms with Crippen LogP contribution in [0.2, 0.25) is 0 Å². The normalized spacial score (nSPS) is 18.6. The van der Waals surface area contributed by atoms with Crippen LogP contribution in [0, 0.1) is 0 Å². The fourth-order valence-corrected chi connectivity index (χ4v) is 4.07. The number of nitrogens with zero attached hydrogens (tertiary/aromatic N) is 1. The van der Waals surface area contributed by atoms with Gasteiger partial charge in [0.1, 0.15) is 17.5 Å². The number of para-hydroxylation sites is 1. The number of carbonyl (C=O) groups is 1. The molecular formula is C17H18N2O5S. The molecule has 132 valence electrons. The summed E-state index contributed by atoms with van der Waals surface area (Å²) >= 11 is 0. The summed E-state index contributed by atoms with van der Waals surface area (Å²) in [5, 5.41) is 11.9. The summed E-state index contributed by atoms with van der Waals surface area (Å²) in [6.45, 7) is 0.397. The van der Waals surface area contributed by atoms with Crippen LogP contribution in [0.15, 0.2) is 59.5 Å². The van der Waals surface area contributed by atoms with Gasteiger partial charge in [-0.15, -0.1) is 0 Å². The Hall–Kier alpha value is -2.42. The minimum absolute atomic E-state index is 0.0759. The smallest absolute Gasteiger partial charge is 0.322 e. The van der Waals surface area contributed by atoms with Crippen LogP contribution in [0.25, 0.3) is 0 Å². The molecule has 0 aromatic heterocycles. The predicted octanol–water partition coefficient (Wildman–Crippen LogP) is 1.53. The molecule has 2 aromatic carbocycles. The largest absolute Gasteiger partial charge is 0.480 e. The third kappa shape index (κ3) is 3.98. The van der Waals surface area contributed by atoms with Crippen molar-refractivity contribution in [2.24, 2.45) is 0 Å². The van der Waals surface area contributed by atoms with Crippen molar-refractivity contribution in [1.29, 1.82) is 0 Å². The van der Waals surface area contributed by atoms with E-state index < -0.39 is 22.0 Å². The molecular weight excluding hydrogens is 344 g/mol. The van der Waals surface area contributed by atoms with Gasteiger partial charge in [0.05, 0.1) is 4.90 Å². The van der Waals surface area contributed by atoms with Crippen molar-refractivity contribution < 1.29 is 23.1 Å². The van der Waals surface area contributed by atoms with Crippen LogP contribution in [0.3, 0.4) is 0 Å². The maximum absolute atomic E-state index is 12.8. The summed E-state index contributed by atoms with van der Waals surface area (Å²) in [7, 11) is -3.79. The number of carboxylic acid groups (broad SMARTS) is 1. The van der Waals surface area contributed by atoms with Crippen LogP contribution in [0.5, 0.6) is 11.5 Å². The molecule has 1 fully saturated rings. The van der Waals surface area contributed by atoms with Gasteiger partial charge in [0, 0.05) is 25.7 Å². The van der Waals surface area contributed by atoms with Crippen molar-refractivity contribution in [3.05, 3.63) is 54.6 Å². The quantitative estimate of drug-likeness (QED) is 0.837. The number of aliphatic carboxylic acids is 1. The molecule has 2 aromatic rings. The first-order valence-corrected chi connectivity index (χ1v) is 9.20. The molecule has 1 aliphatic heterocycles. The SMILES string of the molecule is O=C(O)[C@H]1CN(S(=O)(=O)c2cccc(Oc3ccccc3)c2)CCN1. The van der Waals surface area contributed by atoms with Crippen LogP contribution in [0.4, 0.5) is 0 Å². The van der Waals surface area contributed by atoms with Gasteiger partial charge in [-0.25, -0.2) is 8.42 Å². The van der Waals surface area contributed by atoms with E-state index in [0.717, 1.165) is 0 Å². The van der Waals surface area contributed by atoms with Crippen molar-refractivity contribution in [3.8, 4) is 11.5 Å². The Balaban J connectivity index is 1.82. The molecule has 1 heterocycles. The second-order valence-electron chi connectivity index (χ2n) is 5.60. The van der Waals surface area contributed by atoms with E-state index in [2.05, 4.69) is 5.32 Å². The lowest BCUT2D eigenvalue weighted by molar-refractivity contribution is -0.140. The molecule has 1 atom stereocenters. The molecule has 0 amide bonds. The fourth-order valence-electron chi connectivity index (χ4n) is 2.58. The molecule has 0 aliphatic carbocycles. The fraction of sp³-hybridized carbons (Fsp3) is 0.235. The average Bonchev–Trinajstić information content (AvgIpc) is 2.63. The first kappa shape index (κ1) is 17.4. The van der Waals surface area contributed by atoms with Gasteiger partial charge < -0.3 is 15.2 Å². The zero-order chi connectivity index (χ0) is 17.9. The number of rotatable bonds is 5. The van der Waals surface area contributed by atoms with Crippen LogP contribution in [0.1, 0.15) is 0 Å². The summed E-state index contributed by atoms with van der Waals surface area (Å²) in [5.41, 5.74) is 0. The summed E-state index contributed by atoms with van der Waals surface area (Å²) in [4.78, 5) is 11.2. The number of hydrogen-bond donors (Lipinski definition) is 2. The molecule has 2 N–H and O–H groups in total. The minimum atomic E-state index is -3.79. The van der Waals surface area contributed by atoms with Gasteiger partial charge in [-0.2, -0.15) is 4.31 Å². The highest BCUT2D eigenvalue weighted by molar-refractivity contribution is 7.89. The molecule has 0 unspecified atom stereocenters. The second kappa shape index (κ2) is 7.22. The molecule has 0 radical (unpaired) electrons. The zero-order valence-corrected chi connectivity index (χ0v) is 14.1. The van der Waals surface area contributed by atoms with E-state index in [4.69, 9.17) is 9.84 Å². The van der Waals surface area contributed by atoms with Crippen molar-refractivity contribution >= 4 is 16.0 Å². The van der Waals surface area contributed by atoms with Gasteiger partial charge in [0.25, 0.3) is 0 Å². The molecule has 0 bridgehead atoms. The molecule has 1 aliphatic rings. The Morgan fingerprint density at radius 2 is 1.84 bits per heavy atom. The van der Waals surface area contributed by atoms with E-state index in [-0.39, 0.29) is 24.5 Å². The third-order valence-electron chi connectivity index (χ3n) is 3.86. The molecule has 1 saturated heterocycles.